The monoisotopic (exact) mass is 357 g/mol. The van der Waals surface area contributed by atoms with Gasteiger partial charge in [-0.25, -0.2) is 0 Å². The smallest absolute Gasteiger partial charge is 0.244 e. The molecule has 3 aliphatic heterocycles. The summed E-state index contributed by atoms with van der Waals surface area (Å²) in [5.74, 6) is -1.67. The van der Waals surface area contributed by atoms with E-state index in [2.05, 4.69) is 10.6 Å². The van der Waals surface area contributed by atoms with Crippen molar-refractivity contribution in [1.29, 1.82) is 0 Å². The molecule has 0 aliphatic carbocycles. The number of imide groups is 1. The summed E-state index contributed by atoms with van der Waals surface area (Å²) in [6, 6.07) is 7.51. The van der Waals surface area contributed by atoms with Crippen molar-refractivity contribution >= 4 is 23.4 Å². The number of hydrogen-bond donors (Lipinski definition) is 2. The summed E-state index contributed by atoms with van der Waals surface area (Å²) in [5, 5.41) is 6.06. The molecule has 1 aromatic rings. The third kappa shape index (κ3) is 2.81. The lowest BCUT2D eigenvalue weighted by Crippen LogP contribution is -2.40. The fourth-order valence-corrected chi connectivity index (χ4v) is 4.32. The van der Waals surface area contributed by atoms with Crippen LogP contribution in [0.5, 0.6) is 0 Å². The predicted molar refractivity (Wildman–Crippen MR) is 94.0 cm³/mol. The van der Waals surface area contributed by atoms with Crippen LogP contribution in [0.4, 0.5) is 5.69 Å². The maximum Gasteiger partial charge on any atom is 0.244 e. The summed E-state index contributed by atoms with van der Waals surface area (Å²) >= 11 is 0. The molecule has 3 saturated heterocycles. The number of carbonyl (C=O) groups excluding carboxylic acids is 3. The van der Waals surface area contributed by atoms with Gasteiger partial charge in [-0.3, -0.25) is 19.3 Å². The minimum atomic E-state index is -0.393. The molecular formula is C19H23N3O4. The second kappa shape index (κ2) is 6.81. The first-order valence-electron chi connectivity index (χ1n) is 9.19. The van der Waals surface area contributed by atoms with Crippen molar-refractivity contribution in [2.45, 2.75) is 38.5 Å². The number of fused-ring (bicyclic) bond motifs is 5. The van der Waals surface area contributed by atoms with Crippen LogP contribution in [0.25, 0.3) is 0 Å². The molecule has 4 rings (SSSR count). The summed E-state index contributed by atoms with van der Waals surface area (Å²) < 4.78 is 5.71. The number of amides is 3. The molecule has 3 fully saturated rings. The highest BCUT2D eigenvalue weighted by atomic mass is 16.5. The molecule has 4 atom stereocenters. The van der Waals surface area contributed by atoms with Crippen LogP contribution < -0.4 is 10.6 Å². The van der Waals surface area contributed by atoms with E-state index in [9.17, 15) is 14.4 Å². The average molecular weight is 357 g/mol. The van der Waals surface area contributed by atoms with Crippen molar-refractivity contribution in [2.75, 3.05) is 18.4 Å². The fourth-order valence-electron chi connectivity index (χ4n) is 4.32. The van der Waals surface area contributed by atoms with Crippen LogP contribution in [-0.4, -0.2) is 47.9 Å². The van der Waals surface area contributed by atoms with Crippen molar-refractivity contribution in [3.05, 3.63) is 29.8 Å². The van der Waals surface area contributed by atoms with E-state index in [4.69, 9.17) is 4.74 Å². The second-order valence-electron chi connectivity index (χ2n) is 7.09. The fraction of sp³-hybridized carbons (Fsp3) is 0.526. The molecule has 3 heterocycles. The Morgan fingerprint density at radius 3 is 2.46 bits per heavy atom. The van der Waals surface area contributed by atoms with Crippen molar-refractivity contribution in [3.63, 3.8) is 0 Å². The highest BCUT2D eigenvalue weighted by Crippen LogP contribution is 2.48. The van der Waals surface area contributed by atoms with Gasteiger partial charge in [-0.05, 0) is 31.0 Å². The molecule has 3 amide bonds. The van der Waals surface area contributed by atoms with Gasteiger partial charge in [0.15, 0.2) is 0 Å². The largest absolute Gasteiger partial charge is 0.373 e. The Morgan fingerprint density at radius 1 is 1.15 bits per heavy atom. The number of rotatable bonds is 6. The van der Waals surface area contributed by atoms with Gasteiger partial charge >= 0.3 is 0 Å². The quantitative estimate of drug-likeness (QED) is 0.739. The average Bonchev–Trinajstić information content (AvgIpc) is 3.31. The van der Waals surface area contributed by atoms with Crippen LogP contribution in [-0.2, 0) is 25.7 Å². The van der Waals surface area contributed by atoms with Crippen LogP contribution in [0, 0.1) is 11.8 Å². The zero-order valence-electron chi connectivity index (χ0n) is 14.7. The lowest BCUT2D eigenvalue weighted by Gasteiger charge is -2.18. The van der Waals surface area contributed by atoms with E-state index in [1.807, 2.05) is 31.2 Å². The molecule has 0 saturated carbocycles. The molecule has 2 N–H and O–H groups in total. The Morgan fingerprint density at radius 2 is 1.81 bits per heavy atom. The Hall–Kier alpha value is -2.25. The van der Waals surface area contributed by atoms with Gasteiger partial charge in [0.25, 0.3) is 0 Å². The van der Waals surface area contributed by atoms with Gasteiger partial charge in [-0.2, -0.15) is 0 Å². The van der Waals surface area contributed by atoms with E-state index in [1.165, 1.54) is 0 Å². The summed E-state index contributed by atoms with van der Waals surface area (Å²) in [6.45, 7) is 3.24. The zero-order valence-corrected chi connectivity index (χ0v) is 14.7. The maximum absolute atomic E-state index is 12.6. The standard InChI is InChI=1S/C19H23N3O4/c1-2-20-9-11-5-3-4-6-12(11)21-15(23)10-22-18(24)16-13-7-8-14(26-13)17(16)19(22)25/h3-6,13-14,16-17,20H,2,7-10H2,1H3,(H,21,23). The van der Waals surface area contributed by atoms with Crippen LogP contribution in [0.15, 0.2) is 24.3 Å². The Balaban J connectivity index is 1.43. The van der Waals surface area contributed by atoms with Crippen molar-refractivity contribution in [1.82, 2.24) is 10.2 Å². The highest BCUT2D eigenvalue weighted by Gasteiger charge is 2.62. The molecular weight excluding hydrogens is 334 g/mol. The summed E-state index contributed by atoms with van der Waals surface area (Å²) in [6.07, 6.45) is 1.33. The molecule has 2 bridgehead atoms. The van der Waals surface area contributed by atoms with E-state index >= 15 is 0 Å². The summed E-state index contributed by atoms with van der Waals surface area (Å²) in [7, 11) is 0. The number of nitrogens with zero attached hydrogens (tertiary/aromatic N) is 1. The number of hydrogen-bond acceptors (Lipinski definition) is 5. The molecule has 1 aromatic carbocycles. The molecule has 0 spiro atoms. The Kier molecular flexibility index (Phi) is 4.50. The number of para-hydroxylation sites is 1. The van der Waals surface area contributed by atoms with E-state index in [1.54, 1.807) is 0 Å². The minimum absolute atomic E-state index is 0.157. The summed E-state index contributed by atoms with van der Waals surface area (Å²) in [4.78, 5) is 38.8. The van der Waals surface area contributed by atoms with Crippen LogP contribution in [0.3, 0.4) is 0 Å². The first-order chi connectivity index (χ1) is 12.6. The highest BCUT2D eigenvalue weighted by molar-refractivity contribution is 6.09. The van der Waals surface area contributed by atoms with Gasteiger partial charge in [0.2, 0.25) is 17.7 Å². The summed E-state index contributed by atoms with van der Waals surface area (Å²) in [5.41, 5.74) is 1.66. The van der Waals surface area contributed by atoms with E-state index in [0.717, 1.165) is 29.8 Å². The molecule has 138 valence electrons. The first kappa shape index (κ1) is 17.2. The van der Waals surface area contributed by atoms with Crippen LogP contribution in [0.1, 0.15) is 25.3 Å². The molecule has 7 heteroatoms. The predicted octanol–water partition coefficient (Wildman–Crippen LogP) is 0.897. The number of carbonyl (C=O) groups is 3. The van der Waals surface area contributed by atoms with Gasteiger partial charge < -0.3 is 15.4 Å². The Labute approximate surface area is 152 Å². The molecule has 3 aliphatic rings. The first-order valence-corrected chi connectivity index (χ1v) is 9.19. The van der Waals surface area contributed by atoms with Crippen LogP contribution >= 0.6 is 0 Å². The SMILES string of the molecule is CCNCc1ccccc1NC(=O)CN1C(=O)C2C3CCC(O3)C2C1=O. The molecule has 0 aromatic heterocycles. The van der Waals surface area contributed by atoms with Gasteiger partial charge in [0, 0.05) is 12.2 Å². The number of benzene rings is 1. The maximum atomic E-state index is 12.6. The topological polar surface area (TPSA) is 87.7 Å². The lowest BCUT2D eigenvalue weighted by atomic mass is 9.81. The molecule has 0 radical (unpaired) electrons. The van der Waals surface area contributed by atoms with Crippen LogP contribution in [0.2, 0.25) is 0 Å². The van der Waals surface area contributed by atoms with E-state index in [0.29, 0.717) is 12.2 Å². The molecule has 26 heavy (non-hydrogen) atoms. The van der Waals surface area contributed by atoms with Crippen molar-refractivity contribution in [3.8, 4) is 0 Å². The number of anilines is 1. The third-order valence-electron chi connectivity index (χ3n) is 5.53. The van der Waals surface area contributed by atoms with E-state index in [-0.39, 0.29) is 36.5 Å². The third-order valence-corrected chi connectivity index (χ3v) is 5.53. The zero-order chi connectivity index (χ0) is 18.3. The number of nitrogens with one attached hydrogen (secondary N) is 2. The van der Waals surface area contributed by atoms with Gasteiger partial charge in [0.1, 0.15) is 6.54 Å². The van der Waals surface area contributed by atoms with Gasteiger partial charge in [0.05, 0.1) is 24.0 Å². The normalized spacial score (nSPS) is 29.3. The van der Waals surface area contributed by atoms with Gasteiger partial charge in [-0.15, -0.1) is 0 Å². The second-order valence-corrected chi connectivity index (χ2v) is 7.09. The molecule has 7 nitrogen and oxygen atoms in total. The minimum Gasteiger partial charge on any atom is -0.373 e. The number of likely N-dealkylation sites (tertiary alicyclic amines) is 1. The number of ether oxygens (including phenoxy) is 1. The van der Waals surface area contributed by atoms with Crippen molar-refractivity contribution < 1.29 is 19.1 Å². The van der Waals surface area contributed by atoms with E-state index < -0.39 is 11.8 Å². The molecule has 4 unspecified atom stereocenters. The van der Waals surface area contributed by atoms with Gasteiger partial charge in [-0.1, -0.05) is 25.1 Å². The van der Waals surface area contributed by atoms with Crippen molar-refractivity contribution in [2.24, 2.45) is 11.8 Å². The lowest BCUT2D eigenvalue weighted by molar-refractivity contribution is -0.145. The Bertz CT molecular complexity index is 722.